The molecule has 1 aromatic carbocycles. The van der Waals surface area contributed by atoms with Crippen LogP contribution in [-0.2, 0) is 4.79 Å². The fraction of sp³-hybridized carbons (Fsp3) is 0.100. The van der Waals surface area contributed by atoms with Gasteiger partial charge in [0.05, 0.1) is 0 Å². The lowest BCUT2D eigenvalue weighted by atomic mass is 10.1. The molecule has 1 N–H and O–H groups in total. The summed E-state index contributed by atoms with van der Waals surface area (Å²) in [5.74, 6) is -0.931. The van der Waals surface area contributed by atoms with Gasteiger partial charge in [-0.05, 0) is 30.2 Å². The Labute approximate surface area is 85.0 Å². The van der Waals surface area contributed by atoms with Crippen LogP contribution in [0.15, 0.2) is 28.7 Å². The first kappa shape index (κ1) is 9.99. The van der Waals surface area contributed by atoms with Gasteiger partial charge in [-0.1, -0.05) is 28.1 Å². The summed E-state index contributed by atoms with van der Waals surface area (Å²) in [4.78, 5) is 10.3. The lowest BCUT2D eigenvalue weighted by Crippen LogP contribution is -1.87. The van der Waals surface area contributed by atoms with Gasteiger partial charge in [-0.2, -0.15) is 0 Å². The monoisotopic (exact) mass is 240 g/mol. The van der Waals surface area contributed by atoms with Crippen LogP contribution in [0.2, 0.25) is 0 Å². The molecule has 2 nitrogen and oxygen atoms in total. The van der Waals surface area contributed by atoms with Crippen LogP contribution in [0, 0.1) is 6.92 Å². The van der Waals surface area contributed by atoms with Crippen molar-refractivity contribution in [3.05, 3.63) is 39.9 Å². The number of rotatable bonds is 2. The van der Waals surface area contributed by atoms with E-state index in [1.165, 1.54) is 0 Å². The first-order chi connectivity index (χ1) is 6.11. The van der Waals surface area contributed by atoms with Gasteiger partial charge in [-0.3, -0.25) is 0 Å². The zero-order chi connectivity index (χ0) is 9.84. The second kappa shape index (κ2) is 4.23. The molecule has 0 unspecified atom stereocenters. The summed E-state index contributed by atoms with van der Waals surface area (Å²) >= 11 is 3.37. The molecule has 13 heavy (non-hydrogen) atoms. The van der Waals surface area contributed by atoms with Gasteiger partial charge >= 0.3 is 5.97 Å². The molecule has 0 saturated heterocycles. The highest BCUT2D eigenvalue weighted by Crippen LogP contribution is 2.20. The molecule has 1 rings (SSSR count). The number of hydrogen-bond donors (Lipinski definition) is 1. The minimum absolute atomic E-state index is 0.914. The number of halogens is 1. The molecule has 0 radical (unpaired) electrons. The van der Waals surface area contributed by atoms with Crippen LogP contribution in [0.3, 0.4) is 0 Å². The molecule has 0 fully saturated rings. The van der Waals surface area contributed by atoms with Crippen LogP contribution < -0.4 is 0 Å². The maximum absolute atomic E-state index is 10.3. The fourth-order valence-corrected chi connectivity index (χ4v) is 1.35. The van der Waals surface area contributed by atoms with E-state index in [2.05, 4.69) is 15.9 Å². The summed E-state index contributed by atoms with van der Waals surface area (Å²) in [5, 5.41) is 8.44. The maximum Gasteiger partial charge on any atom is 0.328 e. The van der Waals surface area contributed by atoms with Gasteiger partial charge in [0.25, 0.3) is 0 Å². The molecule has 0 aliphatic heterocycles. The van der Waals surface area contributed by atoms with E-state index in [-0.39, 0.29) is 0 Å². The van der Waals surface area contributed by atoms with Crippen LogP contribution in [0.4, 0.5) is 0 Å². The summed E-state index contributed by atoms with van der Waals surface area (Å²) in [7, 11) is 0. The van der Waals surface area contributed by atoms with E-state index in [1.54, 1.807) is 6.08 Å². The predicted octanol–water partition coefficient (Wildman–Crippen LogP) is 2.86. The van der Waals surface area contributed by atoms with E-state index in [0.29, 0.717) is 0 Å². The Hall–Kier alpha value is -1.09. The minimum atomic E-state index is -0.931. The summed E-state index contributed by atoms with van der Waals surface area (Å²) in [6, 6.07) is 5.67. The van der Waals surface area contributed by atoms with Crippen LogP contribution >= 0.6 is 15.9 Å². The van der Waals surface area contributed by atoms with Crippen LogP contribution in [0.1, 0.15) is 11.1 Å². The van der Waals surface area contributed by atoms with Crippen molar-refractivity contribution in [3.8, 4) is 0 Å². The largest absolute Gasteiger partial charge is 0.478 e. The van der Waals surface area contributed by atoms with Gasteiger partial charge in [-0.25, -0.2) is 4.79 Å². The first-order valence-electron chi connectivity index (χ1n) is 3.77. The number of benzene rings is 1. The summed E-state index contributed by atoms with van der Waals surface area (Å²) in [6.45, 7) is 1.94. The number of carbonyl (C=O) groups is 1. The standard InChI is InChI=1S/C10H9BrO2/c1-7-8(5-6-10(12)13)3-2-4-9(7)11/h2-6H,1H3,(H,12,13). The highest BCUT2D eigenvalue weighted by molar-refractivity contribution is 9.10. The molecule has 0 bridgehead atoms. The Kier molecular flexibility index (Phi) is 3.25. The summed E-state index contributed by atoms with van der Waals surface area (Å²) in [5.41, 5.74) is 1.96. The van der Waals surface area contributed by atoms with E-state index in [0.717, 1.165) is 21.7 Å². The van der Waals surface area contributed by atoms with Gasteiger partial charge < -0.3 is 5.11 Å². The molecule has 0 aromatic heterocycles. The van der Waals surface area contributed by atoms with E-state index >= 15 is 0 Å². The Balaban J connectivity index is 3.02. The van der Waals surface area contributed by atoms with Gasteiger partial charge in [0.1, 0.15) is 0 Å². The van der Waals surface area contributed by atoms with E-state index in [1.807, 2.05) is 25.1 Å². The van der Waals surface area contributed by atoms with Crippen molar-refractivity contribution in [2.45, 2.75) is 6.92 Å². The third-order valence-electron chi connectivity index (χ3n) is 1.72. The van der Waals surface area contributed by atoms with Gasteiger partial charge in [0, 0.05) is 10.5 Å². The Morgan fingerprint density at radius 2 is 2.23 bits per heavy atom. The number of hydrogen-bond acceptors (Lipinski definition) is 1. The third kappa shape index (κ3) is 2.70. The second-order valence-corrected chi connectivity index (χ2v) is 3.48. The molecule has 0 atom stereocenters. The molecule has 68 valence electrons. The molecule has 0 aliphatic carbocycles. The SMILES string of the molecule is Cc1c(Br)cccc1C=CC(=O)O. The van der Waals surface area contributed by atoms with Crippen LogP contribution in [-0.4, -0.2) is 11.1 Å². The second-order valence-electron chi connectivity index (χ2n) is 2.63. The first-order valence-corrected chi connectivity index (χ1v) is 4.56. The van der Waals surface area contributed by atoms with Crippen molar-refractivity contribution < 1.29 is 9.90 Å². The molecular formula is C10H9BrO2. The van der Waals surface area contributed by atoms with Crippen molar-refractivity contribution in [3.63, 3.8) is 0 Å². The topological polar surface area (TPSA) is 37.3 Å². The highest BCUT2D eigenvalue weighted by Gasteiger charge is 1.98. The number of carboxylic acid groups (broad SMARTS) is 1. The quantitative estimate of drug-likeness (QED) is 0.808. The maximum atomic E-state index is 10.3. The number of aliphatic carboxylic acids is 1. The van der Waals surface area contributed by atoms with Crippen LogP contribution in [0.25, 0.3) is 6.08 Å². The van der Waals surface area contributed by atoms with Crippen molar-refractivity contribution in [1.82, 2.24) is 0 Å². The van der Waals surface area contributed by atoms with Crippen molar-refractivity contribution >= 4 is 28.0 Å². The number of carboxylic acids is 1. The van der Waals surface area contributed by atoms with Gasteiger partial charge in [0.2, 0.25) is 0 Å². The van der Waals surface area contributed by atoms with E-state index < -0.39 is 5.97 Å². The zero-order valence-corrected chi connectivity index (χ0v) is 8.71. The Morgan fingerprint density at radius 1 is 1.54 bits per heavy atom. The summed E-state index contributed by atoms with van der Waals surface area (Å²) in [6.07, 6.45) is 2.72. The molecule has 0 saturated carbocycles. The molecule has 1 aromatic rings. The normalized spacial score (nSPS) is 10.6. The zero-order valence-electron chi connectivity index (χ0n) is 7.12. The van der Waals surface area contributed by atoms with E-state index in [9.17, 15) is 4.79 Å². The third-order valence-corrected chi connectivity index (χ3v) is 2.57. The molecule has 0 spiro atoms. The summed E-state index contributed by atoms with van der Waals surface area (Å²) < 4.78 is 0.986. The van der Waals surface area contributed by atoms with Crippen molar-refractivity contribution in [2.75, 3.05) is 0 Å². The highest BCUT2D eigenvalue weighted by atomic mass is 79.9. The molecular weight excluding hydrogens is 232 g/mol. The predicted molar refractivity (Wildman–Crippen MR) is 55.5 cm³/mol. The lowest BCUT2D eigenvalue weighted by Gasteiger charge is -2.01. The smallest absolute Gasteiger partial charge is 0.328 e. The van der Waals surface area contributed by atoms with Crippen molar-refractivity contribution in [2.24, 2.45) is 0 Å². The van der Waals surface area contributed by atoms with Crippen LogP contribution in [0.5, 0.6) is 0 Å². The lowest BCUT2D eigenvalue weighted by molar-refractivity contribution is -0.131. The van der Waals surface area contributed by atoms with E-state index in [4.69, 9.17) is 5.11 Å². The molecule has 0 amide bonds. The average molecular weight is 241 g/mol. The Bertz CT molecular complexity index is 356. The Morgan fingerprint density at radius 3 is 2.85 bits per heavy atom. The fourth-order valence-electron chi connectivity index (χ4n) is 0.966. The average Bonchev–Trinajstić information content (AvgIpc) is 2.07. The minimum Gasteiger partial charge on any atom is -0.478 e. The van der Waals surface area contributed by atoms with Gasteiger partial charge in [0.15, 0.2) is 0 Å². The molecule has 0 heterocycles. The molecule has 0 aliphatic rings. The molecule has 3 heteroatoms. The van der Waals surface area contributed by atoms with Gasteiger partial charge in [-0.15, -0.1) is 0 Å². The van der Waals surface area contributed by atoms with Crippen molar-refractivity contribution in [1.29, 1.82) is 0 Å².